The number of hydrogen-bond acceptors (Lipinski definition) is 3. The second-order valence-electron chi connectivity index (χ2n) is 9.84. The fraction of sp³-hybridized carbons (Fsp3) is 0.552. The van der Waals surface area contributed by atoms with Crippen LogP contribution >= 0.6 is 0 Å². The fourth-order valence-corrected chi connectivity index (χ4v) is 4.80. The predicted octanol–water partition coefficient (Wildman–Crippen LogP) is 8.79. The molecule has 0 aliphatic heterocycles. The predicted molar refractivity (Wildman–Crippen MR) is 131 cm³/mol. The first-order valence-electron chi connectivity index (χ1n) is 13.2. The highest BCUT2D eigenvalue weighted by molar-refractivity contribution is 5.91. The van der Waals surface area contributed by atoms with Crippen molar-refractivity contribution in [2.45, 2.75) is 84.0 Å². The number of unbranched alkanes of at least 4 members (excludes halogenated alkanes) is 6. The van der Waals surface area contributed by atoms with Crippen molar-refractivity contribution < 1.29 is 31.8 Å². The van der Waals surface area contributed by atoms with Gasteiger partial charge in [0, 0.05) is 18.2 Å². The van der Waals surface area contributed by atoms with Crippen molar-refractivity contribution in [1.29, 1.82) is 0 Å². The monoisotopic (exact) mass is 508 g/mol. The molecule has 1 saturated carbocycles. The smallest absolute Gasteiger partial charge is 0.346 e. The lowest BCUT2D eigenvalue weighted by molar-refractivity contribution is 0.0728. The van der Waals surface area contributed by atoms with E-state index in [0.717, 1.165) is 24.8 Å². The zero-order valence-electron chi connectivity index (χ0n) is 21.0. The van der Waals surface area contributed by atoms with Crippen LogP contribution in [0.15, 0.2) is 30.3 Å². The molecule has 198 valence electrons. The van der Waals surface area contributed by atoms with Gasteiger partial charge in [-0.2, -0.15) is 0 Å². The largest absolute Gasteiger partial charge is 0.493 e. The van der Waals surface area contributed by atoms with Gasteiger partial charge in [0.2, 0.25) is 0 Å². The number of esters is 1. The van der Waals surface area contributed by atoms with E-state index < -0.39 is 40.6 Å². The summed E-state index contributed by atoms with van der Waals surface area (Å²) in [6, 6.07) is 4.79. The minimum atomic E-state index is -1.68. The third-order valence-corrected chi connectivity index (χ3v) is 7.00. The van der Waals surface area contributed by atoms with Crippen molar-refractivity contribution >= 4 is 5.97 Å². The van der Waals surface area contributed by atoms with Crippen molar-refractivity contribution in [3.8, 4) is 11.5 Å². The average molecular weight is 509 g/mol. The van der Waals surface area contributed by atoms with Crippen molar-refractivity contribution in [3.05, 3.63) is 59.2 Å². The summed E-state index contributed by atoms with van der Waals surface area (Å²) < 4.78 is 64.7. The minimum absolute atomic E-state index is 0.299. The molecule has 0 radical (unpaired) electrons. The molecule has 0 saturated heterocycles. The van der Waals surface area contributed by atoms with Gasteiger partial charge >= 0.3 is 5.97 Å². The third kappa shape index (κ3) is 8.52. The lowest BCUT2D eigenvalue weighted by Crippen LogP contribution is -2.20. The highest BCUT2D eigenvalue weighted by Crippen LogP contribution is 2.33. The van der Waals surface area contributed by atoms with E-state index in [0.29, 0.717) is 30.4 Å². The lowest BCUT2D eigenvalue weighted by atomic mass is 9.80. The second kappa shape index (κ2) is 14.2. The summed E-state index contributed by atoms with van der Waals surface area (Å²) in [6.07, 6.45) is 15.2. The topological polar surface area (TPSA) is 35.5 Å². The van der Waals surface area contributed by atoms with Crippen LogP contribution in [0.4, 0.5) is 17.6 Å². The zero-order chi connectivity index (χ0) is 25.9. The third-order valence-electron chi connectivity index (χ3n) is 7.00. The summed E-state index contributed by atoms with van der Waals surface area (Å²) in [7, 11) is 0. The van der Waals surface area contributed by atoms with Crippen LogP contribution in [-0.4, -0.2) is 12.6 Å². The van der Waals surface area contributed by atoms with Gasteiger partial charge < -0.3 is 9.47 Å². The van der Waals surface area contributed by atoms with Gasteiger partial charge in [-0.1, -0.05) is 71.1 Å². The van der Waals surface area contributed by atoms with E-state index >= 15 is 0 Å². The van der Waals surface area contributed by atoms with Gasteiger partial charge in [-0.15, -0.1) is 0 Å². The summed E-state index contributed by atoms with van der Waals surface area (Å²) in [6.45, 7) is 2.73. The maximum atomic E-state index is 14.5. The molecule has 36 heavy (non-hydrogen) atoms. The molecule has 0 spiro atoms. The Balaban J connectivity index is 1.39. The Hall–Kier alpha value is -2.57. The van der Waals surface area contributed by atoms with E-state index in [1.807, 2.05) is 0 Å². The van der Waals surface area contributed by atoms with Crippen molar-refractivity contribution in [3.63, 3.8) is 0 Å². The number of benzene rings is 2. The summed E-state index contributed by atoms with van der Waals surface area (Å²) in [5.41, 5.74) is -0.418. The van der Waals surface area contributed by atoms with Crippen molar-refractivity contribution in [1.82, 2.24) is 0 Å². The highest BCUT2D eigenvalue weighted by atomic mass is 19.2. The van der Waals surface area contributed by atoms with Gasteiger partial charge in [0.1, 0.15) is 17.3 Å². The fourth-order valence-electron chi connectivity index (χ4n) is 4.80. The Morgan fingerprint density at radius 3 is 2.00 bits per heavy atom. The molecule has 0 bridgehead atoms. The summed E-state index contributed by atoms with van der Waals surface area (Å²) in [5.74, 6) is -5.75. The molecule has 3 rings (SSSR count). The van der Waals surface area contributed by atoms with Crippen LogP contribution in [0.5, 0.6) is 11.5 Å². The number of carbonyl (C=O) groups excluding carboxylic acids is 1. The molecule has 0 atom stereocenters. The van der Waals surface area contributed by atoms with E-state index in [1.165, 1.54) is 76.3 Å². The van der Waals surface area contributed by atoms with Crippen LogP contribution in [0.2, 0.25) is 0 Å². The average Bonchev–Trinajstić information content (AvgIpc) is 2.86. The van der Waals surface area contributed by atoms with E-state index in [9.17, 15) is 22.4 Å². The Kier molecular flexibility index (Phi) is 11.1. The molecule has 3 nitrogen and oxygen atoms in total. The molecule has 1 aliphatic carbocycles. The summed E-state index contributed by atoms with van der Waals surface area (Å²) in [5, 5.41) is 0. The van der Waals surface area contributed by atoms with E-state index in [2.05, 4.69) is 6.92 Å². The normalized spacial score (nSPS) is 17.7. The van der Waals surface area contributed by atoms with Crippen LogP contribution < -0.4 is 9.47 Å². The molecular formula is C29H36F4O3. The number of halogens is 4. The molecule has 0 aromatic heterocycles. The van der Waals surface area contributed by atoms with Crippen LogP contribution in [0.1, 0.15) is 94.3 Å². The molecule has 2 aromatic rings. The molecule has 0 amide bonds. The molecule has 2 aromatic carbocycles. The Bertz CT molecular complexity index is 963. The molecule has 7 heteroatoms. The van der Waals surface area contributed by atoms with Gasteiger partial charge in [-0.3, -0.25) is 0 Å². The van der Waals surface area contributed by atoms with Crippen LogP contribution in [0, 0.1) is 35.1 Å². The Labute approximate surface area is 211 Å². The van der Waals surface area contributed by atoms with Gasteiger partial charge in [0.25, 0.3) is 0 Å². The van der Waals surface area contributed by atoms with Gasteiger partial charge in [-0.05, 0) is 36.8 Å². The molecule has 1 fully saturated rings. The number of ether oxygens (including phenoxy) is 2. The quantitative estimate of drug-likeness (QED) is 0.0892. The van der Waals surface area contributed by atoms with Crippen LogP contribution in [0.3, 0.4) is 0 Å². The van der Waals surface area contributed by atoms with Crippen LogP contribution in [0.25, 0.3) is 0 Å². The molecule has 0 unspecified atom stereocenters. The standard InChI is InChI=1S/C29H36F4O3/c1-2-3-4-5-6-7-8-9-20-10-12-21(13-11-20)19-35-22-14-15-24(25(30)16-22)29(34)36-23-17-26(31)28(33)27(32)18-23/h14-18,20-21H,2-13,19H2,1H3/t20-,21-. The van der Waals surface area contributed by atoms with E-state index in [4.69, 9.17) is 9.47 Å². The number of carbonyl (C=O) groups is 1. The first-order valence-corrected chi connectivity index (χ1v) is 13.2. The van der Waals surface area contributed by atoms with Crippen molar-refractivity contribution in [2.24, 2.45) is 11.8 Å². The number of rotatable bonds is 13. The van der Waals surface area contributed by atoms with Crippen LogP contribution in [-0.2, 0) is 0 Å². The molecule has 1 aliphatic rings. The molecule has 0 N–H and O–H groups in total. The highest BCUT2D eigenvalue weighted by Gasteiger charge is 2.22. The summed E-state index contributed by atoms with van der Waals surface area (Å²) in [4.78, 5) is 12.2. The minimum Gasteiger partial charge on any atom is -0.493 e. The van der Waals surface area contributed by atoms with Crippen molar-refractivity contribution in [2.75, 3.05) is 6.61 Å². The van der Waals surface area contributed by atoms with Gasteiger partial charge in [0.05, 0.1) is 12.2 Å². The number of hydrogen-bond donors (Lipinski definition) is 0. The summed E-state index contributed by atoms with van der Waals surface area (Å²) >= 11 is 0. The Morgan fingerprint density at radius 2 is 1.36 bits per heavy atom. The Morgan fingerprint density at radius 1 is 0.778 bits per heavy atom. The van der Waals surface area contributed by atoms with Gasteiger partial charge in [0.15, 0.2) is 17.5 Å². The SMILES string of the molecule is CCCCCCCCC[C@H]1CC[C@H](COc2ccc(C(=O)Oc3cc(F)c(F)c(F)c3)c(F)c2)CC1. The second-order valence-corrected chi connectivity index (χ2v) is 9.84. The maximum absolute atomic E-state index is 14.5. The first-order chi connectivity index (χ1) is 17.4. The maximum Gasteiger partial charge on any atom is 0.346 e. The first kappa shape index (κ1) is 28.0. The molecule has 0 heterocycles. The zero-order valence-corrected chi connectivity index (χ0v) is 21.0. The van der Waals surface area contributed by atoms with Gasteiger partial charge in [-0.25, -0.2) is 22.4 Å². The van der Waals surface area contributed by atoms with E-state index in [-0.39, 0.29) is 0 Å². The lowest BCUT2D eigenvalue weighted by Gasteiger charge is -2.28. The molecular weight excluding hydrogens is 472 g/mol. The van der Waals surface area contributed by atoms with E-state index in [1.54, 1.807) is 0 Å².